The number of carbonyl (C=O) groups is 1. The fourth-order valence-electron chi connectivity index (χ4n) is 2.66. The van der Waals surface area contributed by atoms with Crippen molar-refractivity contribution in [3.05, 3.63) is 34.9 Å². The summed E-state index contributed by atoms with van der Waals surface area (Å²) in [6.45, 7) is 3.88. The summed E-state index contributed by atoms with van der Waals surface area (Å²) in [6, 6.07) is 7.88. The zero-order valence-electron chi connectivity index (χ0n) is 10.6. The second kappa shape index (κ2) is 5.72. The maximum absolute atomic E-state index is 11.5. The Morgan fingerprint density at radius 2 is 2.11 bits per heavy atom. The summed E-state index contributed by atoms with van der Waals surface area (Å²) in [5, 5.41) is 0.738. The Balaban J connectivity index is 2.20. The monoisotopic (exact) mass is 266 g/mol. The van der Waals surface area contributed by atoms with Crippen LogP contribution in [0.2, 0.25) is 5.02 Å². The quantitative estimate of drug-likeness (QED) is 0.892. The number of halogens is 1. The average Bonchev–Trinajstić information content (AvgIpc) is 2.39. The van der Waals surface area contributed by atoms with Gasteiger partial charge in [-0.1, -0.05) is 23.7 Å². The molecule has 18 heavy (non-hydrogen) atoms. The van der Waals surface area contributed by atoms with Crippen LogP contribution in [0.15, 0.2) is 24.3 Å². The molecular weight excluding hydrogens is 248 g/mol. The first-order valence-electron chi connectivity index (χ1n) is 6.33. The molecule has 98 valence electrons. The van der Waals surface area contributed by atoms with Crippen molar-refractivity contribution in [2.75, 3.05) is 19.6 Å². The van der Waals surface area contributed by atoms with Crippen LogP contribution >= 0.6 is 11.6 Å². The van der Waals surface area contributed by atoms with Crippen molar-refractivity contribution in [2.24, 2.45) is 11.7 Å². The Hall–Kier alpha value is -1.06. The van der Waals surface area contributed by atoms with Gasteiger partial charge in [0.1, 0.15) is 0 Å². The molecule has 0 spiro atoms. The van der Waals surface area contributed by atoms with Gasteiger partial charge in [0, 0.05) is 31.0 Å². The molecule has 1 fully saturated rings. The third-order valence-electron chi connectivity index (χ3n) is 3.80. The van der Waals surface area contributed by atoms with E-state index in [0.717, 1.165) is 24.5 Å². The van der Waals surface area contributed by atoms with Crippen molar-refractivity contribution < 1.29 is 4.79 Å². The molecule has 3 nitrogen and oxygen atoms in total. The van der Waals surface area contributed by atoms with Crippen LogP contribution in [0, 0.1) is 5.92 Å². The van der Waals surface area contributed by atoms with Crippen LogP contribution in [-0.2, 0) is 4.79 Å². The minimum absolute atomic E-state index is 0.143. The van der Waals surface area contributed by atoms with Gasteiger partial charge in [0.05, 0.1) is 0 Å². The molecule has 4 heteroatoms. The lowest BCUT2D eigenvalue weighted by molar-refractivity contribution is -0.130. The fraction of sp³-hybridized carbons (Fsp3) is 0.500. The molecule has 0 bridgehead atoms. The van der Waals surface area contributed by atoms with Crippen LogP contribution < -0.4 is 5.73 Å². The van der Waals surface area contributed by atoms with E-state index in [0.29, 0.717) is 18.4 Å². The summed E-state index contributed by atoms with van der Waals surface area (Å²) >= 11 is 5.91. The number of piperidine rings is 1. The minimum Gasteiger partial charge on any atom is -0.342 e. The molecule has 0 aliphatic carbocycles. The molecule has 2 unspecified atom stereocenters. The van der Waals surface area contributed by atoms with E-state index in [1.165, 1.54) is 5.56 Å². The lowest BCUT2D eigenvalue weighted by Crippen LogP contribution is -2.43. The second-order valence-corrected chi connectivity index (χ2v) is 5.34. The van der Waals surface area contributed by atoms with Crippen LogP contribution in [-0.4, -0.2) is 30.4 Å². The molecule has 1 aromatic rings. The first-order chi connectivity index (χ1) is 8.61. The summed E-state index contributed by atoms with van der Waals surface area (Å²) in [7, 11) is 0. The third-order valence-corrected chi connectivity index (χ3v) is 4.05. The Bertz CT molecular complexity index is 418. The Morgan fingerprint density at radius 3 is 2.67 bits per heavy atom. The molecule has 0 saturated carbocycles. The van der Waals surface area contributed by atoms with E-state index in [1.807, 2.05) is 29.2 Å². The van der Waals surface area contributed by atoms with Crippen LogP contribution in [0.1, 0.15) is 24.8 Å². The largest absolute Gasteiger partial charge is 0.342 e. The van der Waals surface area contributed by atoms with E-state index in [2.05, 4.69) is 0 Å². The standard InChI is InChI=1S/C14H19ClN2O/c1-10(18)17-7-6-12(8-16)14(9-17)11-2-4-13(15)5-3-11/h2-5,12,14H,6-9,16H2,1H3. The molecule has 2 atom stereocenters. The van der Waals surface area contributed by atoms with Crippen molar-refractivity contribution >= 4 is 17.5 Å². The van der Waals surface area contributed by atoms with Crippen molar-refractivity contribution in [3.8, 4) is 0 Å². The fourth-order valence-corrected chi connectivity index (χ4v) is 2.78. The van der Waals surface area contributed by atoms with Crippen LogP contribution in [0.4, 0.5) is 0 Å². The number of rotatable bonds is 2. The molecule has 1 aromatic carbocycles. The normalized spacial score (nSPS) is 24.1. The summed E-state index contributed by atoms with van der Waals surface area (Å²) in [6.07, 6.45) is 0.976. The lowest BCUT2D eigenvalue weighted by atomic mass is 9.81. The molecule has 1 aliphatic heterocycles. The molecule has 1 saturated heterocycles. The van der Waals surface area contributed by atoms with Gasteiger partial charge in [-0.3, -0.25) is 4.79 Å². The maximum atomic E-state index is 11.5. The predicted octanol–water partition coefficient (Wildman–Crippen LogP) is 2.25. The average molecular weight is 267 g/mol. The second-order valence-electron chi connectivity index (χ2n) is 4.91. The highest BCUT2D eigenvalue weighted by Crippen LogP contribution is 2.32. The summed E-state index contributed by atoms with van der Waals surface area (Å²) in [5.41, 5.74) is 7.08. The van der Waals surface area contributed by atoms with Gasteiger partial charge in [-0.15, -0.1) is 0 Å². The Morgan fingerprint density at radius 1 is 1.44 bits per heavy atom. The highest BCUT2D eigenvalue weighted by Gasteiger charge is 2.30. The number of hydrogen-bond acceptors (Lipinski definition) is 2. The zero-order valence-corrected chi connectivity index (χ0v) is 11.4. The van der Waals surface area contributed by atoms with Gasteiger partial charge in [-0.25, -0.2) is 0 Å². The predicted molar refractivity (Wildman–Crippen MR) is 73.6 cm³/mol. The van der Waals surface area contributed by atoms with E-state index < -0.39 is 0 Å². The number of carbonyl (C=O) groups excluding carboxylic acids is 1. The molecule has 2 rings (SSSR count). The first kappa shape index (κ1) is 13.4. The number of benzene rings is 1. The molecule has 1 amide bonds. The van der Waals surface area contributed by atoms with Crippen LogP contribution in [0.3, 0.4) is 0 Å². The van der Waals surface area contributed by atoms with Crippen molar-refractivity contribution in [3.63, 3.8) is 0 Å². The molecule has 2 N–H and O–H groups in total. The van der Waals surface area contributed by atoms with Crippen molar-refractivity contribution in [1.82, 2.24) is 4.90 Å². The molecular formula is C14H19ClN2O. The number of amides is 1. The van der Waals surface area contributed by atoms with Gasteiger partial charge >= 0.3 is 0 Å². The summed E-state index contributed by atoms with van der Waals surface area (Å²) in [4.78, 5) is 13.4. The zero-order chi connectivity index (χ0) is 13.1. The van der Waals surface area contributed by atoms with Gasteiger partial charge < -0.3 is 10.6 Å². The van der Waals surface area contributed by atoms with Crippen LogP contribution in [0.5, 0.6) is 0 Å². The molecule has 0 aromatic heterocycles. The van der Waals surface area contributed by atoms with E-state index in [-0.39, 0.29) is 5.91 Å². The number of likely N-dealkylation sites (tertiary alicyclic amines) is 1. The molecule has 0 radical (unpaired) electrons. The number of nitrogens with two attached hydrogens (primary N) is 1. The van der Waals surface area contributed by atoms with E-state index >= 15 is 0 Å². The van der Waals surface area contributed by atoms with E-state index in [4.69, 9.17) is 17.3 Å². The van der Waals surface area contributed by atoms with Crippen molar-refractivity contribution in [1.29, 1.82) is 0 Å². The smallest absolute Gasteiger partial charge is 0.219 e. The first-order valence-corrected chi connectivity index (χ1v) is 6.70. The summed E-state index contributed by atoms with van der Waals surface area (Å²) < 4.78 is 0. The highest BCUT2D eigenvalue weighted by atomic mass is 35.5. The van der Waals surface area contributed by atoms with Gasteiger partial charge in [0.15, 0.2) is 0 Å². The summed E-state index contributed by atoms with van der Waals surface area (Å²) in [5.74, 6) is 0.913. The van der Waals surface area contributed by atoms with E-state index in [1.54, 1.807) is 6.92 Å². The molecule has 1 heterocycles. The number of hydrogen-bond donors (Lipinski definition) is 1. The Labute approximate surface area is 113 Å². The highest BCUT2D eigenvalue weighted by molar-refractivity contribution is 6.30. The maximum Gasteiger partial charge on any atom is 0.219 e. The molecule has 1 aliphatic rings. The van der Waals surface area contributed by atoms with Gasteiger partial charge in [0.2, 0.25) is 5.91 Å². The topological polar surface area (TPSA) is 46.3 Å². The van der Waals surface area contributed by atoms with Gasteiger partial charge in [-0.2, -0.15) is 0 Å². The van der Waals surface area contributed by atoms with Crippen molar-refractivity contribution in [2.45, 2.75) is 19.3 Å². The minimum atomic E-state index is 0.143. The van der Waals surface area contributed by atoms with Crippen LogP contribution in [0.25, 0.3) is 0 Å². The SMILES string of the molecule is CC(=O)N1CCC(CN)C(c2ccc(Cl)cc2)C1. The third kappa shape index (κ3) is 2.85. The lowest BCUT2D eigenvalue weighted by Gasteiger charge is -2.38. The van der Waals surface area contributed by atoms with Gasteiger partial charge in [0.25, 0.3) is 0 Å². The van der Waals surface area contributed by atoms with Gasteiger partial charge in [-0.05, 0) is 36.6 Å². The van der Waals surface area contributed by atoms with E-state index in [9.17, 15) is 4.79 Å². The Kier molecular flexibility index (Phi) is 4.25. The number of nitrogens with zero attached hydrogens (tertiary/aromatic N) is 1.